The maximum atomic E-state index is 12.5. The average Bonchev–Trinajstić information content (AvgIpc) is 3.49. The number of H-pyrrole nitrogens is 1. The Kier molecular flexibility index (Phi) is 6.73. The second kappa shape index (κ2) is 10.2. The van der Waals surface area contributed by atoms with Gasteiger partial charge in [-0.05, 0) is 60.4 Å². The molecule has 0 spiro atoms. The highest BCUT2D eigenvalue weighted by molar-refractivity contribution is 7.98. The first kappa shape index (κ1) is 23.6. The first-order valence-corrected chi connectivity index (χ1v) is 12.6. The molecule has 36 heavy (non-hydrogen) atoms. The lowest BCUT2D eigenvalue weighted by Crippen LogP contribution is -2.41. The molecule has 2 atom stereocenters. The predicted octanol–water partition coefficient (Wildman–Crippen LogP) is 4.52. The standard InChI is InChI=1S/C27H25N5O3S/c1-16-13-21(16)26(35)28-20-6-4-5-19(14-20)25(34)32-31-24(33)18-11-9-17(10-12-18)15-36-27-29-22-7-2-3-8-23(22)30-27/h2-12,14,16,21H,13,15H2,1H3,(H,28,35)(H,29,30)(H,31,33)(H,32,34). The number of rotatable bonds is 7. The number of benzene rings is 3. The number of fused-ring (bicyclic) bond motifs is 1. The molecule has 9 heteroatoms. The van der Waals surface area contributed by atoms with Crippen LogP contribution in [0.4, 0.5) is 5.69 Å². The van der Waals surface area contributed by atoms with Crippen molar-refractivity contribution in [2.24, 2.45) is 11.8 Å². The van der Waals surface area contributed by atoms with Crippen molar-refractivity contribution in [2.75, 3.05) is 5.32 Å². The second-order valence-electron chi connectivity index (χ2n) is 8.84. The SMILES string of the molecule is CC1CC1C(=O)Nc1cccc(C(=O)NNC(=O)c2ccc(CSc3nc4ccccc4[nH]3)cc2)c1. The van der Waals surface area contributed by atoms with Gasteiger partial charge < -0.3 is 10.3 Å². The van der Waals surface area contributed by atoms with E-state index in [9.17, 15) is 14.4 Å². The molecule has 1 fully saturated rings. The summed E-state index contributed by atoms with van der Waals surface area (Å²) < 4.78 is 0. The van der Waals surface area contributed by atoms with Gasteiger partial charge in [0.1, 0.15) is 0 Å². The lowest BCUT2D eigenvalue weighted by Gasteiger charge is -2.10. The largest absolute Gasteiger partial charge is 0.333 e. The van der Waals surface area contributed by atoms with Gasteiger partial charge in [-0.1, -0.05) is 49.0 Å². The molecule has 1 aromatic heterocycles. The van der Waals surface area contributed by atoms with E-state index >= 15 is 0 Å². The number of imidazole rings is 1. The molecule has 5 rings (SSSR count). The van der Waals surface area contributed by atoms with Crippen molar-refractivity contribution in [1.29, 1.82) is 0 Å². The molecule has 0 saturated heterocycles. The molecule has 0 aliphatic heterocycles. The van der Waals surface area contributed by atoms with E-state index in [-0.39, 0.29) is 11.8 Å². The van der Waals surface area contributed by atoms with Gasteiger partial charge in [-0.25, -0.2) is 4.98 Å². The zero-order valence-electron chi connectivity index (χ0n) is 19.6. The molecule has 8 nitrogen and oxygen atoms in total. The Morgan fingerprint density at radius 2 is 1.67 bits per heavy atom. The number of hydrogen-bond donors (Lipinski definition) is 4. The Labute approximate surface area is 212 Å². The number of carbonyl (C=O) groups is 3. The maximum absolute atomic E-state index is 12.5. The minimum atomic E-state index is -0.474. The molecule has 2 unspecified atom stereocenters. The van der Waals surface area contributed by atoms with Crippen molar-refractivity contribution in [3.05, 3.63) is 89.5 Å². The number of hydrogen-bond acceptors (Lipinski definition) is 5. The average molecular weight is 500 g/mol. The molecular weight excluding hydrogens is 474 g/mol. The number of aromatic amines is 1. The van der Waals surface area contributed by atoms with Gasteiger partial charge >= 0.3 is 0 Å². The summed E-state index contributed by atoms with van der Waals surface area (Å²) in [6.07, 6.45) is 0.888. The topological polar surface area (TPSA) is 116 Å². The minimum Gasteiger partial charge on any atom is -0.333 e. The molecule has 4 N–H and O–H groups in total. The number of carbonyl (C=O) groups excluding carboxylic acids is 3. The number of anilines is 1. The molecular formula is C27H25N5O3S. The van der Waals surface area contributed by atoms with Crippen molar-refractivity contribution < 1.29 is 14.4 Å². The molecule has 0 radical (unpaired) electrons. The summed E-state index contributed by atoms with van der Waals surface area (Å²) in [6, 6.07) is 21.7. The summed E-state index contributed by atoms with van der Waals surface area (Å²) in [7, 11) is 0. The van der Waals surface area contributed by atoms with Gasteiger partial charge in [0, 0.05) is 28.5 Å². The Morgan fingerprint density at radius 3 is 2.39 bits per heavy atom. The number of nitrogens with one attached hydrogen (secondary N) is 4. The Balaban J connectivity index is 1.11. The lowest BCUT2D eigenvalue weighted by atomic mass is 10.1. The van der Waals surface area contributed by atoms with Crippen molar-refractivity contribution in [1.82, 2.24) is 20.8 Å². The summed E-state index contributed by atoms with van der Waals surface area (Å²) >= 11 is 1.58. The number of aromatic nitrogens is 2. The Bertz CT molecular complexity index is 1400. The lowest BCUT2D eigenvalue weighted by molar-refractivity contribution is -0.117. The molecule has 3 aromatic carbocycles. The summed E-state index contributed by atoms with van der Waals surface area (Å²) in [6.45, 7) is 2.03. The van der Waals surface area contributed by atoms with Gasteiger partial charge in [-0.2, -0.15) is 0 Å². The molecule has 0 bridgehead atoms. The molecule has 1 aliphatic carbocycles. The van der Waals surface area contributed by atoms with E-state index in [0.717, 1.165) is 28.2 Å². The first-order chi connectivity index (χ1) is 17.5. The number of nitrogens with zero attached hydrogens (tertiary/aromatic N) is 1. The van der Waals surface area contributed by atoms with Crippen LogP contribution < -0.4 is 16.2 Å². The smallest absolute Gasteiger partial charge is 0.269 e. The van der Waals surface area contributed by atoms with Crippen LogP contribution in [0.5, 0.6) is 0 Å². The molecule has 3 amide bonds. The zero-order valence-corrected chi connectivity index (χ0v) is 20.4. The third-order valence-electron chi connectivity index (χ3n) is 6.09. The minimum absolute atomic E-state index is 0.0344. The summed E-state index contributed by atoms with van der Waals surface area (Å²) in [4.78, 5) is 45.0. The normalized spacial score (nSPS) is 16.4. The highest BCUT2D eigenvalue weighted by atomic mass is 32.2. The number of hydrazine groups is 1. The van der Waals surface area contributed by atoms with Crippen molar-refractivity contribution in [2.45, 2.75) is 24.3 Å². The van der Waals surface area contributed by atoms with Gasteiger partial charge in [0.05, 0.1) is 11.0 Å². The van der Waals surface area contributed by atoms with E-state index in [1.807, 2.05) is 43.3 Å². The highest BCUT2D eigenvalue weighted by Gasteiger charge is 2.39. The van der Waals surface area contributed by atoms with Crippen molar-refractivity contribution in [3.63, 3.8) is 0 Å². The van der Waals surface area contributed by atoms with E-state index in [2.05, 4.69) is 26.1 Å². The van der Waals surface area contributed by atoms with Crippen LogP contribution in [-0.2, 0) is 10.5 Å². The molecule has 1 heterocycles. The summed E-state index contributed by atoms with van der Waals surface area (Å²) in [5, 5.41) is 3.68. The number of thioether (sulfide) groups is 1. The van der Waals surface area contributed by atoms with E-state index < -0.39 is 11.8 Å². The molecule has 4 aromatic rings. The van der Waals surface area contributed by atoms with Gasteiger partial charge in [0.25, 0.3) is 11.8 Å². The number of amides is 3. The van der Waals surface area contributed by atoms with Crippen LogP contribution in [0.1, 0.15) is 39.6 Å². The molecule has 1 aliphatic rings. The van der Waals surface area contributed by atoms with Crippen molar-refractivity contribution >= 4 is 46.2 Å². The third kappa shape index (κ3) is 5.58. The van der Waals surface area contributed by atoms with Crippen LogP contribution in [0, 0.1) is 11.8 Å². The summed E-state index contributed by atoms with van der Waals surface area (Å²) in [5.41, 5.74) is 9.14. The highest BCUT2D eigenvalue weighted by Crippen LogP contribution is 2.38. The quantitative estimate of drug-likeness (QED) is 0.220. The van der Waals surface area contributed by atoms with Gasteiger partial charge in [0.2, 0.25) is 5.91 Å². The van der Waals surface area contributed by atoms with Crippen LogP contribution in [0.25, 0.3) is 11.0 Å². The fourth-order valence-corrected chi connectivity index (χ4v) is 4.66. The fourth-order valence-electron chi connectivity index (χ4n) is 3.82. The fraction of sp³-hybridized carbons (Fsp3) is 0.185. The van der Waals surface area contributed by atoms with Gasteiger partial charge in [0.15, 0.2) is 5.16 Å². The monoisotopic (exact) mass is 499 g/mol. The zero-order chi connectivity index (χ0) is 25.1. The first-order valence-electron chi connectivity index (χ1n) is 11.6. The summed E-state index contributed by atoms with van der Waals surface area (Å²) in [5.74, 6) is 0.205. The number of para-hydroxylation sites is 2. The molecule has 182 valence electrons. The Morgan fingerprint density at radius 1 is 0.944 bits per heavy atom. The van der Waals surface area contributed by atoms with Gasteiger partial charge in [-0.15, -0.1) is 0 Å². The van der Waals surface area contributed by atoms with Crippen LogP contribution in [0.15, 0.2) is 78.0 Å². The van der Waals surface area contributed by atoms with E-state index in [1.165, 1.54) is 0 Å². The second-order valence-corrected chi connectivity index (χ2v) is 9.81. The maximum Gasteiger partial charge on any atom is 0.269 e. The third-order valence-corrected chi connectivity index (χ3v) is 7.03. The predicted molar refractivity (Wildman–Crippen MR) is 139 cm³/mol. The Hall–Kier alpha value is -4.11. The van der Waals surface area contributed by atoms with Crippen LogP contribution in [0.2, 0.25) is 0 Å². The molecule has 1 saturated carbocycles. The van der Waals surface area contributed by atoms with Crippen molar-refractivity contribution in [3.8, 4) is 0 Å². The van der Waals surface area contributed by atoms with Crippen LogP contribution in [0.3, 0.4) is 0 Å². The van der Waals surface area contributed by atoms with E-state index in [4.69, 9.17) is 0 Å². The van der Waals surface area contributed by atoms with E-state index in [1.54, 1.807) is 48.2 Å². The van der Waals surface area contributed by atoms with Crippen LogP contribution >= 0.6 is 11.8 Å². The van der Waals surface area contributed by atoms with Crippen LogP contribution in [-0.4, -0.2) is 27.7 Å². The van der Waals surface area contributed by atoms with Gasteiger partial charge in [-0.3, -0.25) is 25.2 Å². The van der Waals surface area contributed by atoms with E-state index in [0.29, 0.717) is 28.5 Å².